The molecule has 0 aliphatic carbocycles. The first-order valence-corrected chi connectivity index (χ1v) is 9.23. The molecule has 0 N–H and O–H groups in total. The molecule has 0 atom stereocenters. The van der Waals surface area contributed by atoms with Crippen LogP contribution in [0.2, 0.25) is 0 Å². The number of rotatable bonds is 4. The molecule has 0 unspecified atom stereocenters. The second-order valence-electron chi connectivity index (χ2n) is 5.13. The molecule has 0 fully saturated rings. The predicted molar refractivity (Wildman–Crippen MR) is 103 cm³/mol. The second kappa shape index (κ2) is 7.50. The Morgan fingerprint density at radius 2 is 0.955 bits per heavy atom. The van der Waals surface area contributed by atoms with Gasteiger partial charge in [-0.3, -0.25) is 0 Å². The number of pyridine rings is 2. The highest BCUT2D eigenvalue weighted by Crippen LogP contribution is 2.20. The van der Waals surface area contributed by atoms with Crippen molar-refractivity contribution in [3.8, 4) is 0 Å². The Bertz CT molecular complexity index is 692. The van der Waals surface area contributed by atoms with Crippen molar-refractivity contribution < 1.29 is 9.13 Å². The molecule has 0 spiro atoms. The summed E-state index contributed by atoms with van der Waals surface area (Å²) in [5, 5.41) is 0. The smallest absolute Gasteiger partial charge is 0.174 e. The van der Waals surface area contributed by atoms with Gasteiger partial charge in [0.25, 0.3) is 0 Å². The third-order valence-electron chi connectivity index (χ3n) is 3.48. The van der Waals surface area contributed by atoms with Gasteiger partial charge < -0.3 is 0 Å². The Labute approximate surface area is 158 Å². The first-order valence-electron chi connectivity index (χ1n) is 7.07. The van der Waals surface area contributed by atoms with E-state index >= 15 is 0 Å². The molecule has 110 valence electrons. The minimum atomic E-state index is 0.911. The van der Waals surface area contributed by atoms with E-state index < -0.39 is 0 Å². The van der Waals surface area contributed by atoms with Crippen LogP contribution in [0, 0.1) is 7.14 Å². The number of halogens is 2. The topological polar surface area (TPSA) is 7.76 Å². The Hall–Kier alpha value is -1.02. The van der Waals surface area contributed by atoms with Gasteiger partial charge in [-0.05, 0) is 57.3 Å². The number of aromatic nitrogens is 2. The van der Waals surface area contributed by atoms with Gasteiger partial charge in [0.05, 0.1) is 0 Å². The van der Waals surface area contributed by atoms with Gasteiger partial charge in [0.1, 0.15) is 0 Å². The summed E-state index contributed by atoms with van der Waals surface area (Å²) >= 11 is 4.89. The predicted octanol–water partition coefficient (Wildman–Crippen LogP) is 3.57. The number of benzene rings is 1. The summed E-state index contributed by atoms with van der Waals surface area (Å²) < 4.78 is 7.06. The van der Waals surface area contributed by atoms with Gasteiger partial charge in [-0.15, -0.1) is 0 Å². The van der Waals surface area contributed by atoms with Gasteiger partial charge >= 0.3 is 0 Å². The van der Waals surface area contributed by atoms with E-state index in [-0.39, 0.29) is 0 Å². The molecule has 0 saturated heterocycles. The minimum absolute atomic E-state index is 0.911. The van der Waals surface area contributed by atoms with Crippen molar-refractivity contribution in [2.75, 3.05) is 0 Å². The molecule has 3 rings (SSSR count). The Kier molecular flexibility index (Phi) is 5.41. The molecule has 2 heterocycles. The van der Waals surface area contributed by atoms with Gasteiger partial charge in [-0.25, -0.2) is 9.13 Å². The Morgan fingerprint density at radius 1 is 0.591 bits per heavy atom. The van der Waals surface area contributed by atoms with Crippen molar-refractivity contribution in [1.29, 1.82) is 0 Å². The molecule has 3 aromatic rings. The fraction of sp³-hybridized carbons (Fsp3) is 0.111. The molecule has 2 aromatic heterocycles. The molecule has 2 nitrogen and oxygen atoms in total. The highest BCUT2D eigenvalue weighted by atomic mass is 127. The van der Waals surface area contributed by atoms with Crippen LogP contribution in [0.1, 0.15) is 11.1 Å². The van der Waals surface area contributed by atoms with Crippen LogP contribution in [0.25, 0.3) is 0 Å². The van der Waals surface area contributed by atoms with E-state index in [4.69, 9.17) is 0 Å². The first-order chi connectivity index (χ1) is 10.7. The maximum absolute atomic E-state index is 2.45. The summed E-state index contributed by atoms with van der Waals surface area (Å²) in [7, 11) is 0. The summed E-state index contributed by atoms with van der Waals surface area (Å²) in [5.41, 5.74) is 2.73. The number of hydrogen-bond donors (Lipinski definition) is 0. The summed E-state index contributed by atoms with van der Waals surface area (Å²) in [4.78, 5) is 0. The van der Waals surface area contributed by atoms with Gasteiger partial charge in [-0.1, -0.05) is 12.1 Å². The van der Waals surface area contributed by atoms with Gasteiger partial charge in [-0.2, -0.15) is 0 Å². The van der Waals surface area contributed by atoms with Crippen molar-refractivity contribution >= 4 is 45.2 Å². The van der Waals surface area contributed by atoms with Crippen molar-refractivity contribution in [2.45, 2.75) is 13.1 Å². The van der Waals surface area contributed by atoms with Crippen molar-refractivity contribution in [2.24, 2.45) is 0 Å². The van der Waals surface area contributed by atoms with E-state index in [1.54, 1.807) is 0 Å². The monoisotopic (exact) mass is 514 g/mol. The lowest BCUT2D eigenvalue weighted by molar-refractivity contribution is -0.689. The molecule has 0 saturated carbocycles. The summed E-state index contributed by atoms with van der Waals surface area (Å²) in [5.74, 6) is 0. The van der Waals surface area contributed by atoms with Crippen LogP contribution in [-0.2, 0) is 13.1 Å². The zero-order valence-electron chi connectivity index (χ0n) is 12.0. The zero-order chi connectivity index (χ0) is 15.4. The van der Waals surface area contributed by atoms with E-state index in [9.17, 15) is 0 Å². The minimum Gasteiger partial charge on any atom is -0.201 e. The highest BCUT2D eigenvalue weighted by Gasteiger charge is 2.13. The van der Waals surface area contributed by atoms with Gasteiger partial charge in [0.2, 0.25) is 0 Å². The van der Waals surface area contributed by atoms with Gasteiger partial charge in [0.15, 0.2) is 37.9 Å². The molecule has 0 radical (unpaired) electrons. The van der Waals surface area contributed by atoms with Crippen LogP contribution < -0.4 is 9.13 Å². The lowest BCUT2D eigenvalue weighted by Crippen LogP contribution is -2.34. The van der Waals surface area contributed by atoms with Crippen LogP contribution in [-0.4, -0.2) is 0 Å². The van der Waals surface area contributed by atoms with Crippen molar-refractivity contribution in [3.63, 3.8) is 0 Å². The lowest BCUT2D eigenvalue weighted by atomic mass is 10.1. The maximum atomic E-state index is 2.45. The molecular formula is C18H16I2N2+2. The second-order valence-corrected chi connectivity index (χ2v) is 7.46. The van der Waals surface area contributed by atoms with E-state index in [0.717, 1.165) is 13.1 Å². The average molecular weight is 514 g/mol. The zero-order valence-corrected chi connectivity index (χ0v) is 16.3. The molecule has 0 aliphatic rings. The maximum Gasteiger partial charge on any atom is 0.174 e. The lowest BCUT2D eigenvalue weighted by Gasteiger charge is -2.07. The normalized spacial score (nSPS) is 10.6. The average Bonchev–Trinajstić information content (AvgIpc) is 2.54. The summed E-state index contributed by atoms with van der Waals surface area (Å²) in [6.07, 6.45) is 8.43. The van der Waals surface area contributed by atoms with Crippen molar-refractivity contribution in [1.82, 2.24) is 0 Å². The van der Waals surface area contributed by atoms with Crippen LogP contribution in [0.4, 0.5) is 0 Å². The number of nitrogens with zero attached hydrogens (tertiary/aromatic N) is 2. The highest BCUT2D eigenvalue weighted by molar-refractivity contribution is 14.1. The number of hydrogen-bond acceptors (Lipinski definition) is 0. The summed E-state index contributed by atoms with van der Waals surface area (Å²) in [6.45, 7) is 1.82. The van der Waals surface area contributed by atoms with Crippen LogP contribution >= 0.6 is 45.2 Å². The van der Waals surface area contributed by atoms with E-state index in [1.807, 2.05) is 12.1 Å². The van der Waals surface area contributed by atoms with Gasteiger partial charge in [0, 0.05) is 42.5 Å². The molecule has 0 amide bonds. The van der Waals surface area contributed by atoms with E-state index in [0.29, 0.717) is 0 Å². The SMILES string of the molecule is Ic1cc(C[n+]2ccccc2)c(I)cc1C[n+]1ccccc1. The molecule has 1 aromatic carbocycles. The molecule has 0 aliphatic heterocycles. The van der Waals surface area contributed by atoms with Crippen LogP contribution in [0.5, 0.6) is 0 Å². The standard InChI is InChI=1S/C18H16I2N2/c19-17-12-16(14-22-9-5-2-6-10-22)18(20)11-15(17)13-21-7-3-1-4-8-21/h1-12H,13-14H2/q+2. The Morgan fingerprint density at radius 3 is 1.32 bits per heavy atom. The molecular weight excluding hydrogens is 498 g/mol. The fourth-order valence-electron chi connectivity index (χ4n) is 2.34. The third kappa shape index (κ3) is 4.04. The fourth-order valence-corrected chi connectivity index (χ4v) is 3.75. The van der Waals surface area contributed by atoms with Crippen LogP contribution in [0.15, 0.2) is 73.3 Å². The first kappa shape index (κ1) is 15.9. The van der Waals surface area contributed by atoms with E-state index in [1.165, 1.54) is 18.3 Å². The largest absolute Gasteiger partial charge is 0.201 e. The third-order valence-corrected chi connectivity index (χ3v) is 5.48. The molecule has 22 heavy (non-hydrogen) atoms. The molecule has 4 heteroatoms. The van der Waals surface area contributed by atoms with E-state index in [2.05, 4.69) is 116 Å². The van der Waals surface area contributed by atoms with Crippen LogP contribution in [0.3, 0.4) is 0 Å². The van der Waals surface area contributed by atoms with Crippen molar-refractivity contribution in [3.05, 3.63) is 91.6 Å². The summed E-state index contributed by atoms with van der Waals surface area (Å²) in [6, 6.07) is 17.0. The Balaban J connectivity index is 1.85. The molecule has 0 bridgehead atoms. The quantitative estimate of drug-likeness (QED) is 0.372.